The van der Waals surface area contributed by atoms with E-state index in [9.17, 15) is 9.18 Å². The zero-order chi connectivity index (χ0) is 18.4. The summed E-state index contributed by atoms with van der Waals surface area (Å²) in [5.41, 5.74) is 2.75. The van der Waals surface area contributed by atoms with Crippen molar-refractivity contribution in [3.05, 3.63) is 81.6 Å². The quantitative estimate of drug-likeness (QED) is 0.683. The van der Waals surface area contributed by atoms with Crippen LogP contribution in [0.1, 0.15) is 21.8 Å². The van der Waals surface area contributed by atoms with Gasteiger partial charge in [0.05, 0.1) is 12.1 Å². The molecule has 1 heterocycles. The molecule has 0 radical (unpaired) electrons. The van der Waals surface area contributed by atoms with Crippen molar-refractivity contribution in [1.82, 2.24) is 10.3 Å². The summed E-state index contributed by atoms with van der Waals surface area (Å²) in [6.07, 6.45) is 0.211. The largest absolute Gasteiger partial charge is 0.486 e. The number of aromatic nitrogens is 1. The van der Waals surface area contributed by atoms with Crippen LogP contribution < -0.4 is 10.1 Å². The summed E-state index contributed by atoms with van der Waals surface area (Å²) in [4.78, 5) is 16.5. The Bertz CT molecular complexity index is 860. The number of amides is 1. The lowest BCUT2D eigenvalue weighted by molar-refractivity contribution is -0.120. The van der Waals surface area contributed by atoms with Gasteiger partial charge in [-0.3, -0.25) is 4.79 Å². The molecule has 0 unspecified atom stereocenters. The highest BCUT2D eigenvalue weighted by atomic mass is 32.1. The van der Waals surface area contributed by atoms with E-state index < -0.39 is 0 Å². The van der Waals surface area contributed by atoms with Crippen molar-refractivity contribution < 1.29 is 13.9 Å². The van der Waals surface area contributed by atoms with E-state index in [1.807, 2.05) is 36.6 Å². The van der Waals surface area contributed by atoms with Gasteiger partial charge in [0.1, 0.15) is 23.2 Å². The highest BCUT2D eigenvalue weighted by Gasteiger charge is 2.08. The summed E-state index contributed by atoms with van der Waals surface area (Å²) in [6, 6.07) is 13.9. The molecule has 0 bridgehead atoms. The van der Waals surface area contributed by atoms with Crippen molar-refractivity contribution in [2.45, 2.75) is 26.5 Å². The number of thiazole rings is 1. The van der Waals surface area contributed by atoms with Crippen molar-refractivity contribution in [2.75, 3.05) is 0 Å². The molecule has 26 heavy (non-hydrogen) atoms. The fourth-order valence-corrected chi connectivity index (χ4v) is 3.01. The molecule has 3 rings (SSSR count). The second-order valence-corrected chi connectivity index (χ2v) is 6.86. The first-order chi connectivity index (χ1) is 12.6. The molecule has 134 valence electrons. The third kappa shape index (κ3) is 5.39. The van der Waals surface area contributed by atoms with Gasteiger partial charge in [0.15, 0.2) is 0 Å². The Morgan fingerprint density at radius 2 is 1.88 bits per heavy atom. The SMILES string of the molecule is Cc1ccc(OCc2nc(CC(=O)NCc3ccc(F)cc3)cs2)cc1. The molecule has 0 aliphatic heterocycles. The van der Waals surface area contributed by atoms with Crippen LogP contribution in [0, 0.1) is 12.7 Å². The number of nitrogens with one attached hydrogen (secondary N) is 1. The molecule has 4 nitrogen and oxygen atoms in total. The highest BCUT2D eigenvalue weighted by molar-refractivity contribution is 7.09. The molecular formula is C20H19FN2O2S. The van der Waals surface area contributed by atoms with E-state index in [1.54, 1.807) is 12.1 Å². The minimum atomic E-state index is -0.289. The van der Waals surface area contributed by atoms with Gasteiger partial charge in [-0.05, 0) is 36.8 Å². The van der Waals surface area contributed by atoms with Gasteiger partial charge in [-0.2, -0.15) is 0 Å². The van der Waals surface area contributed by atoms with E-state index in [4.69, 9.17) is 4.74 Å². The van der Waals surface area contributed by atoms with Gasteiger partial charge >= 0.3 is 0 Å². The van der Waals surface area contributed by atoms with Crippen LogP contribution in [0.5, 0.6) is 5.75 Å². The Balaban J connectivity index is 1.45. The number of carbonyl (C=O) groups excluding carboxylic acids is 1. The molecule has 0 aliphatic rings. The zero-order valence-corrected chi connectivity index (χ0v) is 15.2. The van der Waals surface area contributed by atoms with Crippen LogP contribution in [-0.4, -0.2) is 10.9 Å². The number of hydrogen-bond donors (Lipinski definition) is 1. The van der Waals surface area contributed by atoms with Gasteiger partial charge in [0, 0.05) is 11.9 Å². The smallest absolute Gasteiger partial charge is 0.226 e. The Labute approximate surface area is 155 Å². The van der Waals surface area contributed by atoms with Crippen LogP contribution in [0.4, 0.5) is 4.39 Å². The predicted octanol–water partition coefficient (Wildman–Crippen LogP) is 4.03. The molecule has 0 atom stereocenters. The Kier molecular flexibility index (Phi) is 5.96. The van der Waals surface area contributed by atoms with E-state index in [0.717, 1.165) is 16.3 Å². The molecule has 6 heteroatoms. The number of nitrogens with zero attached hydrogens (tertiary/aromatic N) is 1. The summed E-state index contributed by atoms with van der Waals surface area (Å²) >= 11 is 1.47. The first-order valence-electron chi connectivity index (χ1n) is 8.22. The second-order valence-electron chi connectivity index (χ2n) is 5.91. The lowest BCUT2D eigenvalue weighted by atomic mass is 10.2. The maximum Gasteiger partial charge on any atom is 0.226 e. The number of hydrogen-bond acceptors (Lipinski definition) is 4. The minimum absolute atomic E-state index is 0.120. The normalized spacial score (nSPS) is 10.5. The van der Waals surface area contributed by atoms with Crippen molar-refractivity contribution in [3.63, 3.8) is 0 Å². The number of ether oxygens (including phenoxy) is 1. The molecule has 0 fully saturated rings. The van der Waals surface area contributed by atoms with Crippen LogP contribution in [0.3, 0.4) is 0 Å². The van der Waals surface area contributed by atoms with Gasteiger partial charge in [0.2, 0.25) is 5.91 Å². The maximum atomic E-state index is 12.9. The highest BCUT2D eigenvalue weighted by Crippen LogP contribution is 2.16. The van der Waals surface area contributed by atoms with E-state index in [-0.39, 0.29) is 18.1 Å². The Morgan fingerprint density at radius 3 is 2.62 bits per heavy atom. The van der Waals surface area contributed by atoms with E-state index in [0.29, 0.717) is 18.8 Å². The minimum Gasteiger partial charge on any atom is -0.486 e. The summed E-state index contributed by atoms with van der Waals surface area (Å²) in [7, 11) is 0. The zero-order valence-electron chi connectivity index (χ0n) is 14.4. The number of benzene rings is 2. The summed E-state index contributed by atoms with van der Waals surface area (Å²) in [6.45, 7) is 2.77. The van der Waals surface area contributed by atoms with Gasteiger partial charge < -0.3 is 10.1 Å². The average molecular weight is 370 g/mol. The molecule has 0 aliphatic carbocycles. The lowest BCUT2D eigenvalue weighted by Crippen LogP contribution is -2.24. The average Bonchev–Trinajstić information content (AvgIpc) is 3.08. The van der Waals surface area contributed by atoms with E-state index in [2.05, 4.69) is 10.3 Å². The standard InChI is InChI=1S/C20H19FN2O2S/c1-14-2-8-18(9-3-14)25-12-20-23-17(13-26-20)10-19(24)22-11-15-4-6-16(21)7-5-15/h2-9,13H,10-12H2,1H3,(H,22,24). The van der Waals surface area contributed by atoms with Gasteiger partial charge in [-0.15, -0.1) is 11.3 Å². The molecule has 1 aromatic heterocycles. The molecule has 0 saturated heterocycles. The van der Waals surface area contributed by atoms with Crippen LogP contribution in [0.15, 0.2) is 53.9 Å². The van der Waals surface area contributed by atoms with E-state index in [1.165, 1.54) is 29.0 Å². The van der Waals surface area contributed by atoms with Gasteiger partial charge in [0.25, 0.3) is 0 Å². The van der Waals surface area contributed by atoms with Crippen LogP contribution in [0.25, 0.3) is 0 Å². The van der Waals surface area contributed by atoms with Gasteiger partial charge in [-0.1, -0.05) is 29.8 Å². The summed E-state index contributed by atoms with van der Waals surface area (Å²) in [5.74, 6) is 0.387. The third-order valence-electron chi connectivity index (χ3n) is 3.73. The monoisotopic (exact) mass is 370 g/mol. The number of aryl methyl sites for hydroxylation is 1. The number of halogens is 1. The van der Waals surface area contributed by atoms with Crippen LogP contribution >= 0.6 is 11.3 Å². The maximum absolute atomic E-state index is 12.9. The fourth-order valence-electron chi connectivity index (χ4n) is 2.31. The molecular weight excluding hydrogens is 351 g/mol. The van der Waals surface area contributed by atoms with Crippen molar-refractivity contribution >= 4 is 17.2 Å². The van der Waals surface area contributed by atoms with Gasteiger partial charge in [-0.25, -0.2) is 9.37 Å². The molecule has 0 saturated carbocycles. The van der Waals surface area contributed by atoms with Crippen LogP contribution in [0.2, 0.25) is 0 Å². The molecule has 3 aromatic rings. The summed E-state index contributed by atoms with van der Waals surface area (Å²) < 4.78 is 18.6. The second kappa shape index (κ2) is 8.58. The van der Waals surface area contributed by atoms with Crippen molar-refractivity contribution in [1.29, 1.82) is 0 Å². The predicted molar refractivity (Wildman–Crippen MR) is 99.6 cm³/mol. The van der Waals surface area contributed by atoms with Crippen molar-refractivity contribution in [3.8, 4) is 5.75 Å². The number of rotatable bonds is 7. The van der Waals surface area contributed by atoms with E-state index >= 15 is 0 Å². The number of carbonyl (C=O) groups is 1. The first kappa shape index (κ1) is 18.1. The molecule has 1 N–H and O–H groups in total. The first-order valence-corrected chi connectivity index (χ1v) is 9.10. The lowest BCUT2D eigenvalue weighted by Gasteiger charge is -2.05. The topological polar surface area (TPSA) is 51.2 Å². The fraction of sp³-hybridized carbons (Fsp3) is 0.200. The van der Waals surface area contributed by atoms with Crippen molar-refractivity contribution in [2.24, 2.45) is 0 Å². The summed E-state index contributed by atoms with van der Waals surface area (Å²) in [5, 5.41) is 5.50. The third-order valence-corrected chi connectivity index (χ3v) is 4.60. The molecule has 0 spiro atoms. The molecule has 2 aromatic carbocycles. The Hall–Kier alpha value is -2.73. The Morgan fingerprint density at radius 1 is 1.15 bits per heavy atom. The van der Waals surface area contributed by atoms with Crippen LogP contribution in [-0.2, 0) is 24.4 Å². The molecule has 1 amide bonds.